The molecule has 0 fully saturated rings. The third kappa shape index (κ3) is 4.56. The maximum absolute atomic E-state index is 11.9. The van der Waals surface area contributed by atoms with Crippen LogP contribution in [0.2, 0.25) is 0 Å². The first-order valence-electron chi connectivity index (χ1n) is 5.90. The smallest absolute Gasteiger partial charge is 0.237 e. The molecule has 96 valence electrons. The van der Waals surface area contributed by atoms with E-state index >= 15 is 0 Å². The largest absolute Gasteiger partial charge is 0.383 e. The number of benzene rings is 1. The second-order valence-corrected chi connectivity index (χ2v) is 4.24. The first kappa shape index (κ1) is 14.2. The lowest BCUT2D eigenvalue weighted by atomic mass is 9.99. The maximum Gasteiger partial charge on any atom is 0.237 e. The molecule has 0 aliphatic heterocycles. The summed E-state index contributed by atoms with van der Waals surface area (Å²) in [5.41, 5.74) is 0.985. The lowest BCUT2D eigenvalue weighted by Gasteiger charge is -2.15. The Morgan fingerprint density at radius 2 is 2.11 bits per heavy atom. The van der Waals surface area contributed by atoms with Gasteiger partial charge in [0.05, 0.1) is 12.7 Å². The minimum atomic E-state index is -0.660. The summed E-state index contributed by atoms with van der Waals surface area (Å²) >= 11 is 0. The standard InChI is InChI=1S/C14H18N2O2/c1-11(10-18-2)16-14(17)13(9-15)8-12-6-4-3-5-7-12/h3-7,11,13H,8,10H2,1-2H3,(H,16,17). The number of methoxy groups -OCH3 is 1. The van der Waals surface area contributed by atoms with Gasteiger partial charge in [0.1, 0.15) is 5.92 Å². The van der Waals surface area contributed by atoms with E-state index in [9.17, 15) is 4.79 Å². The summed E-state index contributed by atoms with van der Waals surface area (Å²) in [5.74, 6) is -0.905. The summed E-state index contributed by atoms with van der Waals surface area (Å²) < 4.78 is 4.94. The highest BCUT2D eigenvalue weighted by molar-refractivity contribution is 5.81. The third-order valence-corrected chi connectivity index (χ3v) is 2.56. The first-order chi connectivity index (χ1) is 8.67. The predicted molar refractivity (Wildman–Crippen MR) is 68.7 cm³/mol. The van der Waals surface area contributed by atoms with Gasteiger partial charge in [0.15, 0.2) is 0 Å². The molecule has 0 saturated heterocycles. The number of hydrogen-bond acceptors (Lipinski definition) is 3. The van der Waals surface area contributed by atoms with Crippen molar-refractivity contribution in [2.45, 2.75) is 19.4 Å². The summed E-state index contributed by atoms with van der Waals surface area (Å²) in [5, 5.41) is 11.8. The fraction of sp³-hybridized carbons (Fsp3) is 0.429. The van der Waals surface area contributed by atoms with Crippen LogP contribution in [-0.2, 0) is 16.0 Å². The topological polar surface area (TPSA) is 62.1 Å². The molecule has 0 bridgehead atoms. The third-order valence-electron chi connectivity index (χ3n) is 2.56. The van der Waals surface area contributed by atoms with Crippen molar-refractivity contribution in [3.8, 4) is 6.07 Å². The molecular weight excluding hydrogens is 228 g/mol. The van der Waals surface area contributed by atoms with Gasteiger partial charge >= 0.3 is 0 Å². The van der Waals surface area contributed by atoms with Crippen LogP contribution in [0.5, 0.6) is 0 Å². The average Bonchev–Trinajstić information content (AvgIpc) is 2.37. The quantitative estimate of drug-likeness (QED) is 0.827. The zero-order valence-electron chi connectivity index (χ0n) is 10.7. The van der Waals surface area contributed by atoms with E-state index in [0.717, 1.165) is 5.56 Å². The van der Waals surface area contributed by atoms with Gasteiger partial charge in [-0.2, -0.15) is 5.26 Å². The van der Waals surface area contributed by atoms with E-state index in [0.29, 0.717) is 13.0 Å². The lowest BCUT2D eigenvalue weighted by molar-refractivity contribution is -0.124. The number of carbonyl (C=O) groups excluding carboxylic acids is 1. The Labute approximate surface area is 108 Å². The number of carbonyl (C=O) groups is 1. The highest BCUT2D eigenvalue weighted by Gasteiger charge is 2.19. The Hall–Kier alpha value is -1.86. The van der Waals surface area contributed by atoms with Crippen molar-refractivity contribution in [2.24, 2.45) is 5.92 Å². The normalized spacial score (nSPS) is 13.4. The monoisotopic (exact) mass is 246 g/mol. The van der Waals surface area contributed by atoms with Crippen LogP contribution in [0, 0.1) is 17.2 Å². The number of ether oxygens (including phenoxy) is 1. The first-order valence-corrected chi connectivity index (χ1v) is 5.90. The summed E-state index contributed by atoms with van der Waals surface area (Å²) in [7, 11) is 1.58. The van der Waals surface area contributed by atoms with E-state index in [1.807, 2.05) is 43.3 Å². The van der Waals surface area contributed by atoms with Crippen LogP contribution in [0.1, 0.15) is 12.5 Å². The molecule has 1 amide bonds. The second kappa shape index (κ2) is 7.46. The van der Waals surface area contributed by atoms with Gasteiger partial charge in [0.25, 0.3) is 0 Å². The molecule has 4 heteroatoms. The molecule has 2 unspecified atom stereocenters. The highest BCUT2D eigenvalue weighted by atomic mass is 16.5. The van der Waals surface area contributed by atoms with Crippen molar-refractivity contribution >= 4 is 5.91 Å². The fourth-order valence-corrected chi connectivity index (χ4v) is 1.68. The molecule has 1 aromatic carbocycles. The Morgan fingerprint density at radius 1 is 1.44 bits per heavy atom. The molecule has 0 spiro atoms. The summed E-state index contributed by atoms with van der Waals surface area (Å²) in [6, 6.07) is 11.5. The molecule has 0 saturated carbocycles. The molecular formula is C14H18N2O2. The number of nitrogens with one attached hydrogen (secondary N) is 1. The van der Waals surface area contributed by atoms with Crippen molar-refractivity contribution in [1.29, 1.82) is 5.26 Å². The highest BCUT2D eigenvalue weighted by Crippen LogP contribution is 2.08. The van der Waals surface area contributed by atoms with E-state index in [1.54, 1.807) is 7.11 Å². The Kier molecular flexibility index (Phi) is 5.89. The van der Waals surface area contributed by atoms with E-state index in [2.05, 4.69) is 5.32 Å². The Bertz CT molecular complexity index is 412. The Balaban J connectivity index is 2.56. The zero-order chi connectivity index (χ0) is 13.4. The van der Waals surface area contributed by atoms with Gasteiger partial charge in [-0.1, -0.05) is 30.3 Å². The van der Waals surface area contributed by atoms with Crippen molar-refractivity contribution in [3.05, 3.63) is 35.9 Å². The van der Waals surface area contributed by atoms with Crippen LogP contribution >= 0.6 is 0 Å². The number of nitriles is 1. The van der Waals surface area contributed by atoms with Crippen molar-refractivity contribution < 1.29 is 9.53 Å². The molecule has 1 aromatic rings. The molecule has 2 atom stereocenters. The molecule has 4 nitrogen and oxygen atoms in total. The lowest BCUT2D eigenvalue weighted by Crippen LogP contribution is -2.39. The number of rotatable bonds is 6. The number of amides is 1. The summed E-state index contributed by atoms with van der Waals surface area (Å²) in [6.07, 6.45) is 0.433. The SMILES string of the molecule is COCC(C)NC(=O)C(C#N)Cc1ccccc1. The van der Waals surface area contributed by atoms with E-state index < -0.39 is 5.92 Å². The molecule has 0 aromatic heterocycles. The number of hydrogen-bond donors (Lipinski definition) is 1. The van der Waals surface area contributed by atoms with Gasteiger partial charge < -0.3 is 10.1 Å². The van der Waals surface area contributed by atoms with Gasteiger partial charge in [-0.25, -0.2) is 0 Å². The van der Waals surface area contributed by atoms with E-state index in [-0.39, 0.29) is 11.9 Å². The van der Waals surface area contributed by atoms with Gasteiger partial charge in [0.2, 0.25) is 5.91 Å². The second-order valence-electron chi connectivity index (χ2n) is 4.24. The molecule has 1 N–H and O–H groups in total. The van der Waals surface area contributed by atoms with Crippen LogP contribution in [0.3, 0.4) is 0 Å². The molecule has 18 heavy (non-hydrogen) atoms. The predicted octanol–water partition coefficient (Wildman–Crippen LogP) is 1.52. The van der Waals surface area contributed by atoms with E-state index in [4.69, 9.17) is 10.00 Å². The summed E-state index contributed by atoms with van der Waals surface area (Å²) in [6.45, 7) is 2.29. The zero-order valence-corrected chi connectivity index (χ0v) is 10.7. The van der Waals surface area contributed by atoms with Gasteiger partial charge in [0, 0.05) is 13.2 Å². The molecule has 0 heterocycles. The van der Waals surface area contributed by atoms with Crippen LogP contribution in [0.25, 0.3) is 0 Å². The number of nitrogens with zero attached hydrogens (tertiary/aromatic N) is 1. The van der Waals surface area contributed by atoms with Gasteiger partial charge in [-0.15, -0.1) is 0 Å². The molecule has 0 aliphatic carbocycles. The molecule has 1 rings (SSSR count). The molecule has 0 aliphatic rings. The van der Waals surface area contributed by atoms with Crippen molar-refractivity contribution in [3.63, 3.8) is 0 Å². The van der Waals surface area contributed by atoms with Crippen LogP contribution in [0.4, 0.5) is 0 Å². The van der Waals surface area contributed by atoms with Crippen LogP contribution in [-0.4, -0.2) is 25.7 Å². The van der Waals surface area contributed by atoms with Gasteiger partial charge in [-0.3, -0.25) is 4.79 Å². The Morgan fingerprint density at radius 3 is 2.67 bits per heavy atom. The van der Waals surface area contributed by atoms with Crippen LogP contribution < -0.4 is 5.32 Å². The minimum absolute atomic E-state index is 0.0888. The molecule has 0 radical (unpaired) electrons. The average molecular weight is 246 g/mol. The summed E-state index contributed by atoms with van der Waals surface area (Å²) in [4.78, 5) is 11.9. The van der Waals surface area contributed by atoms with Crippen LogP contribution in [0.15, 0.2) is 30.3 Å². The minimum Gasteiger partial charge on any atom is -0.383 e. The van der Waals surface area contributed by atoms with E-state index in [1.165, 1.54) is 0 Å². The van der Waals surface area contributed by atoms with Crippen molar-refractivity contribution in [1.82, 2.24) is 5.32 Å². The van der Waals surface area contributed by atoms with Crippen molar-refractivity contribution in [2.75, 3.05) is 13.7 Å². The maximum atomic E-state index is 11.9. The van der Waals surface area contributed by atoms with Gasteiger partial charge in [-0.05, 0) is 18.9 Å². The fourth-order valence-electron chi connectivity index (χ4n) is 1.68.